The van der Waals surface area contributed by atoms with Gasteiger partial charge in [0.25, 0.3) is 0 Å². The molecule has 0 amide bonds. The normalized spacial score (nSPS) is 20.0. The van der Waals surface area contributed by atoms with Gasteiger partial charge in [-0.2, -0.15) is 5.10 Å². The van der Waals surface area contributed by atoms with Crippen molar-refractivity contribution in [3.63, 3.8) is 0 Å². The van der Waals surface area contributed by atoms with Gasteiger partial charge < -0.3 is 14.6 Å². The number of hydrogen-bond donors (Lipinski definition) is 1. The maximum absolute atomic E-state index is 10.3. The number of fused-ring (bicyclic) bond motifs is 3. The van der Waals surface area contributed by atoms with Gasteiger partial charge in [-0.25, -0.2) is 5.01 Å². The summed E-state index contributed by atoms with van der Waals surface area (Å²) in [6.07, 6.45) is 0.344. The van der Waals surface area contributed by atoms with Crippen LogP contribution in [0.25, 0.3) is 0 Å². The van der Waals surface area contributed by atoms with Crippen molar-refractivity contribution < 1.29 is 14.6 Å². The second kappa shape index (κ2) is 6.60. The summed E-state index contributed by atoms with van der Waals surface area (Å²) >= 11 is 0. The molecule has 5 rings (SSSR count). The average Bonchev–Trinajstić information content (AvgIpc) is 3.19. The van der Waals surface area contributed by atoms with Crippen molar-refractivity contribution in [3.8, 4) is 17.2 Å². The number of benzene rings is 3. The number of hydrogen-bond acceptors (Lipinski definition) is 5. The number of rotatable bonds is 3. The van der Waals surface area contributed by atoms with Crippen LogP contribution in [0.5, 0.6) is 17.2 Å². The minimum Gasteiger partial charge on any atom is -0.507 e. The zero-order chi connectivity index (χ0) is 19.1. The number of methoxy groups -OCH3 is 1. The SMILES string of the molecule is COc1cccc([C@H]2Oc3ccccc3[C@@H]3CC(c4ccccc4O)=NN23)c1. The number of phenolic OH excluding ortho intramolecular Hbond substituents is 1. The molecule has 0 bridgehead atoms. The van der Waals surface area contributed by atoms with Gasteiger partial charge in [0.2, 0.25) is 6.23 Å². The molecule has 2 heterocycles. The topological polar surface area (TPSA) is 54.3 Å². The first kappa shape index (κ1) is 16.7. The predicted octanol–water partition coefficient (Wildman–Crippen LogP) is 4.64. The summed E-state index contributed by atoms with van der Waals surface area (Å²) in [7, 11) is 1.66. The minimum atomic E-state index is -0.363. The number of aromatic hydroxyl groups is 1. The third-order valence-corrected chi connectivity index (χ3v) is 5.29. The van der Waals surface area contributed by atoms with Crippen LogP contribution in [-0.4, -0.2) is 22.9 Å². The standard InChI is InChI=1S/C23H20N2O3/c1-27-16-8-6-7-15(13-16)23-25-20(18-10-3-5-12-22(18)28-23)14-19(24-25)17-9-2-4-11-21(17)26/h2-13,20,23,26H,14H2,1H3/t20-,23+/m0/s1. The van der Waals surface area contributed by atoms with Crippen molar-refractivity contribution in [2.45, 2.75) is 18.7 Å². The van der Waals surface area contributed by atoms with Gasteiger partial charge in [-0.1, -0.05) is 42.5 Å². The molecule has 3 aromatic rings. The van der Waals surface area contributed by atoms with Crippen molar-refractivity contribution in [1.82, 2.24) is 5.01 Å². The van der Waals surface area contributed by atoms with Crippen LogP contribution in [0.2, 0.25) is 0 Å². The molecule has 28 heavy (non-hydrogen) atoms. The van der Waals surface area contributed by atoms with Crippen LogP contribution in [0.4, 0.5) is 0 Å². The molecule has 2 aliphatic heterocycles. The van der Waals surface area contributed by atoms with E-state index in [0.717, 1.165) is 33.9 Å². The van der Waals surface area contributed by atoms with E-state index in [0.29, 0.717) is 6.42 Å². The van der Waals surface area contributed by atoms with E-state index in [1.807, 2.05) is 65.7 Å². The lowest BCUT2D eigenvalue weighted by molar-refractivity contribution is -0.0191. The molecule has 0 aromatic heterocycles. The van der Waals surface area contributed by atoms with Gasteiger partial charge in [-0.3, -0.25) is 0 Å². The highest BCUT2D eigenvalue weighted by atomic mass is 16.5. The molecule has 0 aliphatic carbocycles. The largest absolute Gasteiger partial charge is 0.507 e. The lowest BCUT2D eigenvalue weighted by Crippen LogP contribution is -2.33. The van der Waals surface area contributed by atoms with Crippen LogP contribution >= 0.6 is 0 Å². The Balaban J connectivity index is 1.61. The molecule has 0 saturated heterocycles. The molecule has 0 saturated carbocycles. The molecular formula is C23H20N2O3. The fourth-order valence-electron chi connectivity index (χ4n) is 3.93. The van der Waals surface area contributed by atoms with Crippen LogP contribution in [-0.2, 0) is 0 Å². The third kappa shape index (κ3) is 2.67. The van der Waals surface area contributed by atoms with Crippen molar-refractivity contribution in [3.05, 3.63) is 89.5 Å². The third-order valence-electron chi connectivity index (χ3n) is 5.29. The molecule has 0 radical (unpaired) electrons. The van der Waals surface area contributed by atoms with E-state index in [1.54, 1.807) is 13.2 Å². The molecule has 5 heteroatoms. The summed E-state index contributed by atoms with van der Waals surface area (Å²) in [6.45, 7) is 0. The van der Waals surface area contributed by atoms with E-state index >= 15 is 0 Å². The predicted molar refractivity (Wildman–Crippen MR) is 107 cm³/mol. The molecule has 0 unspecified atom stereocenters. The molecule has 0 fully saturated rings. The maximum atomic E-state index is 10.3. The quantitative estimate of drug-likeness (QED) is 0.728. The number of phenols is 1. The molecule has 3 aromatic carbocycles. The first-order chi connectivity index (χ1) is 13.7. The fraction of sp³-hybridized carbons (Fsp3) is 0.174. The number of ether oxygens (including phenoxy) is 2. The second-order valence-electron chi connectivity index (χ2n) is 6.95. The van der Waals surface area contributed by atoms with Gasteiger partial charge in [0, 0.05) is 23.1 Å². The number of para-hydroxylation sites is 2. The Kier molecular flexibility index (Phi) is 3.93. The molecule has 5 nitrogen and oxygen atoms in total. The highest BCUT2D eigenvalue weighted by Crippen LogP contribution is 2.48. The van der Waals surface area contributed by atoms with E-state index in [2.05, 4.69) is 6.07 Å². The first-order valence-electron chi connectivity index (χ1n) is 9.28. The van der Waals surface area contributed by atoms with E-state index in [4.69, 9.17) is 14.6 Å². The Morgan fingerprint density at radius 1 is 1.04 bits per heavy atom. The van der Waals surface area contributed by atoms with Gasteiger partial charge in [-0.05, 0) is 30.3 Å². The van der Waals surface area contributed by atoms with Gasteiger partial charge in [0.05, 0.1) is 18.9 Å². The Labute approximate surface area is 163 Å². The van der Waals surface area contributed by atoms with Gasteiger partial charge in [-0.15, -0.1) is 0 Å². The second-order valence-corrected chi connectivity index (χ2v) is 6.95. The van der Waals surface area contributed by atoms with Crippen LogP contribution in [0.15, 0.2) is 77.9 Å². The summed E-state index contributed by atoms with van der Waals surface area (Å²) < 4.78 is 11.7. The summed E-state index contributed by atoms with van der Waals surface area (Å²) in [6, 6.07) is 23.3. The van der Waals surface area contributed by atoms with E-state index < -0.39 is 0 Å². The van der Waals surface area contributed by atoms with Crippen molar-refractivity contribution in [2.75, 3.05) is 7.11 Å². The smallest absolute Gasteiger partial charge is 0.214 e. The van der Waals surface area contributed by atoms with Crippen LogP contribution in [0.3, 0.4) is 0 Å². The molecule has 1 N–H and O–H groups in total. The lowest BCUT2D eigenvalue weighted by Gasteiger charge is -2.38. The van der Waals surface area contributed by atoms with Crippen LogP contribution in [0, 0.1) is 0 Å². The fourth-order valence-corrected chi connectivity index (χ4v) is 3.93. The maximum Gasteiger partial charge on any atom is 0.214 e. The Bertz CT molecular complexity index is 1060. The van der Waals surface area contributed by atoms with Gasteiger partial charge in [0.1, 0.15) is 17.2 Å². The van der Waals surface area contributed by atoms with E-state index in [9.17, 15) is 5.11 Å². The highest BCUT2D eigenvalue weighted by molar-refractivity contribution is 6.04. The van der Waals surface area contributed by atoms with Crippen LogP contribution < -0.4 is 9.47 Å². The monoisotopic (exact) mass is 372 g/mol. The molecular weight excluding hydrogens is 352 g/mol. The molecule has 140 valence electrons. The Morgan fingerprint density at radius 3 is 2.71 bits per heavy atom. The zero-order valence-electron chi connectivity index (χ0n) is 15.4. The highest BCUT2D eigenvalue weighted by Gasteiger charge is 2.41. The Hall–Kier alpha value is -3.47. The van der Waals surface area contributed by atoms with E-state index in [1.165, 1.54) is 0 Å². The van der Waals surface area contributed by atoms with Crippen molar-refractivity contribution in [2.24, 2.45) is 5.10 Å². The number of hydrazone groups is 1. The Morgan fingerprint density at radius 2 is 1.86 bits per heavy atom. The summed E-state index contributed by atoms with van der Waals surface area (Å²) in [5.41, 5.74) is 3.70. The summed E-state index contributed by atoms with van der Waals surface area (Å²) in [5, 5.41) is 17.2. The summed E-state index contributed by atoms with van der Waals surface area (Å²) in [5.74, 6) is 1.89. The molecule has 2 aliphatic rings. The molecule has 2 atom stereocenters. The van der Waals surface area contributed by atoms with E-state index in [-0.39, 0.29) is 18.0 Å². The average molecular weight is 372 g/mol. The van der Waals surface area contributed by atoms with Gasteiger partial charge in [0.15, 0.2) is 0 Å². The summed E-state index contributed by atoms with van der Waals surface area (Å²) in [4.78, 5) is 0. The van der Waals surface area contributed by atoms with Gasteiger partial charge >= 0.3 is 0 Å². The van der Waals surface area contributed by atoms with Crippen molar-refractivity contribution in [1.29, 1.82) is 0 Å². The zero-order valence-corrected chi connectivity index (χ0v) is 15.4. The number of nitrogens with zero attached hydrogens (tertiary/aromatic N) is 2. The van der Waals surface area contributed by atoms with Crippen LogP contribution in [0.1, 0.15) is 35.4 Å². The minimum absolute atomic E-state index is 0.0516. The van der Waals surface area contributed by atoms with Crippen molar-refractivity contribution >= 4 is 5.71 Å². The lowest BCUT2D eigenvalue weighted by atomic mass is 9.95. The molecule has 0 spiro atoms. The first-order valence-corrected chi connectivity index (χ1v) is 9.28.